The lowest BCUT2D eigenvalue weighted by molar-refractivity contribution is 0.0951. The van der Waals surface area contributed by atoms with E-state index in [1.807, 2.05) is 19.9 Å². The average molecular weight is 378 g/mol. The normalized spacial score (nSPS) is 14.5. The van der Waals surface area contributed by atoms with Gasteiger partial charge in [-0.15, -0.1) is 24.8 Å². The van der Waals surface area contributed by atoms with Crippen LogP contribution in [0, 0.1) is 0 Å². The molecule has 8 heteroatoms. The van der Waals surface area contributed by atoms with Crippen molar-refractivity contribution in [2.75, 3.05) is 44.6 Å². The Morgan fingerprint density at radius 3 is 2.71 bits per heavy atom. The molecule has 0 spiro atoms. The van der Waals surface area contributed by atoms with Gasteiger partial charge in [0.25, 0.3) is 5.91 Å². The molecule has 1 aliphatic heterocycles. The molecular formula is C16H29Cl2N5O. The van der Waals surface area contributed by atoms with E-state index in [0.717, 1.165) is 39.1 Å². The van der Waals surface area contributed by atoms with Gasteiger partial charge in [-0.1, -0.05) is 0 Å². The molecule has 2 rings (SSSR count). The smallest absolute Gasteiger partial charge is 0.255 e. The van der Waals surface area contributed by atoms with E-state index in [2.05, 4.69) is 25.8 Å². The van der Waals surface area contributed by atoms with Crippen LogP contribution in [0.1, 0.15) is 30.6 Å². The van der Waals surface area contributed by atoms with Gasteiger partial charge in [0, 0.05) is 45.0 Å². The van der Waals surface area contributed by atoms with Gasteiger partial charge in [-0.3, -0.25) is 4.79 Å². The van der Waals surface area contributed by atoms with Crippen LogP contribution >= 0.6 is 24.8 Å². The van der Waals surface area contributed by atoms with E-state index >= 15 is 0 Å². The summed E-state index contributed by atoms with van der Waals surface area (Å²) in [4.78, 5) is 19.0. The number of rotatable bonds is 7. The van der Waals surface area contributed by atoms with Gasteiger partial charge in [0.15, 0.2) is 0 Å². The second kappa shape index (κ2) is 12.3. The highest BCUT2D eigenvalue weighted by Crippen LogP contribution is 2.12. The van der Waals surface area contributed by atoms with Crippen molar-refractivity contribution in [3.05, 3.63) is 23.9 Å². The topological polar surface area (TPSA) is 69.3 Å². The standard InChI is InChI=1S/C16H27N5O.2ClH/c1-13(2)20-15-14(5-3-6-18-15)16(22)19-7-4-10-21-11-8-17-9-12-21;;/h3,5-6,13,17H,4,7-12H2,1-2H3,(H,18,20)(H,19,22);2*1H. The van der Waals surface area contributed by atoms with Crippen LogP contribution in [0.5, 0.6) is 0 Å². The monoisotopic (exact) mass is 377 g/mol. The minimum absolute atomic E-state index is 0. The molecule has 0 bridgehead atoms. The van der Waals surface area contributed by atoms with Crippen LogP contribution in [0.15, 0.2) is 18.3 Å². The summed E-state index contributed by atoms with van der Waals surface area (Å²) >= 11 is 0. The number of hydrogen-bond donors (Lipinski definition) is 3. The Morgan fingerprint density at radius 1 is 1.33 bits per heavy atom. The van der Waals surface area contributed by atoms with Crippen molar-refractivity contribution < 1.29 is 4.79 Å². The number of nitrogens with zero attached hydrogens (tertiary/aromatic N) is 2. The van der Waals surface area contributed by atoms with Crippen LogP contribution in [0.4, 0.5) is 5.82 Å². The van der Waals surface area contributed by atoms with E-state index in [-0.39, 0.29) is 36.8 Å². The maximum absolute atomic E-state index is 12.3. The molecule has 3 N–H and O–H groups in total. The van der Waals surface area contributed by atoms with Crippen molar-refractivity contribution in [3.63, 3.8) is 0 Å². The number of anilines is 1. The lowest BCUT2D eigenvalue weighted by Gasteiger charge is -2.27. The average Bonchev–Trinajstić information content (AvgIpc) is 2.52. The maximum atomic E-state index is 12.3. The Morgan fingerprint density at radius 2 is 2.04 bits per heavy atom. The van der Waals surface area contributed by atoms with E-state index in [4.69, 9.17) is 0 Å². The summed E-state index contributed by atoms with van der Waals surface area (Å²) in [6.45, 7) is 10.1. The molecule has 0 atom stereocenters. The van der Waals surface area contributed by atoms with Gasteiger partial charge in [0.1, 0.15) is 5.82 Å². The summed E-state index contributed by atoms with van der Waals surface area (Å²) in [5.74, 6) is 0.591. The third kappa shape index (κ3) is 7.66. The number of amides is 1. The van der Waals surface area contributed by atoms with Gasteiger partial charge in [-0.2, -0.15) is 0 Å². The van der Waals surface area contributed by atoms with Crippen LogP contribution in [0.25, 0.3) is 0 Å². The first-order chi connectivity index (χ1) is 10.7. The molecule has 24 heavy (non-hydrogen) atoms. The molecule has 138 valence electrons. The fourth-order valence-corrected chi connectivity index (χ4v) is 2.51. The number of carbonyl (C=O) groups is 1. The van der Waals surface area contributed by atoms with Crippen LogP contribution in [-0.2, 0) is 0 Å². The fourth-order valence-electron chi connectivity index (χ4n) is 2.51. The molecule has 0 radical (unpaired) electrons. The zero-order chi connectivity index (χ0) is 15.8. The Balaban J connectivity index is 0.00000264. The van der Waals surface area contributed by atoms with Crippen molar-refractivity contribution in [3.8, 4) is 0 Å². The molecular weight excluding hydrogens is 349 g/mol. The van der Waals surface area contributed by atoms with Gasteiger partial charge in [0.2, 0.25) is 0 Å². The molecule has 0 saturated carbocycles. The Labute approximate surface area is 157 Å². The Kier molecular flexibility index (Phi) is 11.8. The molecule has 1 saturated heterocycles. The first kappa shape index (κ1) is 22.9. The first-order valence-electron chi connectivity index (χ1n) is 8.09. The van der Waals surface area contributed by atoms with Crippen molar-refractivity contribution >= 4 is 36.5 Å². The number of halogens is 2. The molecule has 1 aliphatic rings. The van der Waals surface area contributed by atoms with Gasteiger partial charge in [-0.25, -0.2) is 4.98 Å². The first-order valence-corrected chi connectivity index (χ1v) is 8.09. The number of hydrogen-bond acceptors (Lipinski definition) is 5. The largest absolute Gasteiger partial charge is 0.367 e. The van der Waals surface area contributed by atoms with Crippen molar-refractivity contribution in [1.29, 1.82) is 0 Å². The lowest BCUT2D eigenvalue weighted by Crippen LogP contribution is -2.44. The van der Waals surface area contributed by atoms with E-state index < -0.39 is 0 Å². The Bertz CT molecular complexity index is 481. The van der Waals surface area contributed by atoms with Crippen molar-refractivity contribution in [2.24, 2.45) is 0 Å². The highest BCUT2D eigenvalue weighted by molar-refractivity contribution is 5.98. The minimum atomic E-state index is -0.0587. The zero-order valence-corrected chi connectivity index (χ0v) is 16.0. The van der Waals surface area contributed by atoms with Crippen LogP contribution in [0.2, 0.25) is 0 Å². The summed E-state index contributed by atoms with van der Waals surface area (Å²) in [7, 11) is 0. The highest BCUT2D eigenvalue weighted by atomic mass is 35.5. The zero-order valence-electron chi connectivity index (χ0n) is 14.4. The molecule has 1 amide bonds. The number of carbonyl (C=O) groups excluding carboxylic acids is 1. The molecule has 1 aromatic heterocycles. The SMILES string of the molecule is CC(C)Nc1ncccc1C(=O)NCCCN1CCNCC1.Cl.Cl. The summed E-state index contributed by atoms with van der Waals surface area (Å²) in [6, 6.07) is 3.85. The second-order valence-electron chi connectivity index (χ2n) is 5.90. The van der Waals surface area contributed by atoms with Crippen molar-refractivity contribution in [1.82, 2.24) is 20.5 Å². The second-order valence-corrected chi connectivity index (χ2v) is 5.90. The molecule has 0 unspecified atom stereocenters. The number of piperazine rings is 1. The molecule has 1 fully saturated rings. The van der Waals surface area contributed by atoms with E-state index in [9.17, 15) is 4.79 Å². The number of aromatic nitrogens is 1. The van der Waals surface area contributed by atoms with Gasteiger partial charge in [0.05, 0.1) is 5.56 Å². The predicted octanol–water partition coefficient (Wildman–Crippen LogP) is 1.77. The van der Waals surface area contributed by atoms with Gasteiger partial charge in [-0.05, 0) is 38.9 Å². The fraction of sp³-hybridized carbons (Fsp3) is 0.625. The van der Waals surface area contributed by atoms with E-state index in [0.29, 0.717) is 17.9 Å². The summed E-state index contributed by atoms with van der Waals surface area (Å²) in [6.07, 6.45) is 2.67. The third-order valence-electron chi connectivity index (χ3n) is 3.62. The molecule has 1 aromatic rings. The van der Waals surface area contributed by atoms with Crippen molar-refractivity contribution in [2.45, 2.75) is 26.3 Å². The third-order valence-corrected chi connectivity index (χ3v) is 3.62. The molecule has 6 nitrogen and oxygen atoms in total. The number of pyridine rings is 1. The number of nitrogens with one attached hydrogen (secondary N) is 3. The van der Waals surface area contributed by atoms with Gasteiger partial charge < -0.3 is 20.9 Å². The minimum Gasteiger partial charge on any atom is -0.367 e. The van der Waals surface area contributed by atoms with Crippen LogP contribution in [0.3, 0.4) is 0 Å². The summed E-state index contributed by atoms with van der Waals surface area (Å²) in [5, 5.41) is 9.54. The predicted molar refractivity (Wildman–Crippen MR) is 104 cm³/mol. The van der Waals surface area contributed by atoms with Crippen LogP contribution in [-0.4, -0.2) is 61.1 Å². The van der Waals surface area contributed by atoms with Gasteiger partial charge >= 0.3 is 0 Å². The van der Waals surface area contributed by atoms with Crippen LogP contribution < -0.4 is 16.0 Å². The quantitative estimate of drug-likeness (QED) is 0.631. The highest BCUT2D eigenvalue weighted by Gasteiger charge is 2.13. The molecule has 0 aromatic carbocycles. The van der Waals surface area contributed by atoms with E-state index in [1.54, 1.807) is 12.3 Å². The Hall–Kier alpha value is -1.08. The summed E-state index contributed by atoms with van der Waals surface area (Å²) in [5.41, 5.74) is 0.610. The molecule has 0 aliphatic carbocycles. The molecule has 2 heterocycles. The van der Waals surface area contributed by atoms with E-state index in [1.165, 1.54) is 0 Å². The maximum Gasteiger partial charge on any atom is 0.255 e. The summed E-state index contributed by atoms with van der Waals surface area (Å²) < 4.78 is 0. The lowest BCUT2D eigenvalue weighted by atomic mass is 10.2.